The summed E-state index contributed by atoms with van der Waals surface area (Å²) in [5, 5.41) is 21.5. The Morgan fingerprint density at radius 3 is 2.29 bits per heavy atom. The molecular weight excluding hydrogens is 540 g/mol. The molecular formula is C23H15F6N5O3S. The van der Waals surface area contributed by atoms with Gasteiger partial charge < -0.3 is 5.32 Å². The number of allylic oxidation sites excluding steroid dienone is 1. The van der Waals surface area contributed by atoms with Gasteiger partial charge in [-0.05, 0) is 42.8 Å². The van der Waals surface area contributed by atoms with Gasteiger partial charge in [-0.15, -0.1) is 4.36 Å². The van der Waals surface area contributed by atoms with E-state index < -0.39 is 50.5 Å². The molecule has 0 unspecified atom stereocenters. The molecule has 2 aromatic carbocycles. The van der Waals surface area contributed by atoms with Crippen LogP contribution in [-0.2, 0) is 20.7 Å². The Morgan fingerprint density at radius 2 is 1.74 bits per heavy atom. The summed E-state index contributed by atoms with van der Waals surface area (Å²) in [7, 11) is -4.18. The summed E-state index contributed by atoms with van der Waals surface area (Å²) in [5.41, 5.74) is -2.05. The van der Waals surface area contributed by atoms with Crippen molar-refractivity contribution in [3.8, 4) is 12.1 Å². The first-order valence-corrected chi connectivity index (χ1v) is 12.2. The van der Waals surface area contributed by atoms with E-state index in [4.69, 9.17) is 0 Å². The third kappa shape index (κ3) is 5.47. The first-order chi connectivity index (χ1) is 17.5. The number of nitrogens with zero attached hydrogens (tertiary/aromatic N) is 4. The molecule has 0 saturated heterocycles. The van der Waals surface area contributed by atoms with Crippen LogP contribution in [-0.4, -0.2) is 28.6 Å². The molecule has 2 atom stereocenters. The van der Waals surface area contributed by atoms with Gasteiger partial charge in [0.2, 0.25) is 0 Å². The van der Waals surface area contributed by atoms with Crippen molar-refractivity contribution in [2.75, 3.05) is 11.2 Å². The number of hydrogen-bond donors (Lipinski definition) is 1. The van der Waals surface area contributed by atoms with Crippen LogP contribution in [0.25, 0.3) is 0 Å². The number of nitrogens with one attached hydrogen (secondary N) is 1. The summed E-state index contributed by atoms with van der Waals surface area (Å²) in [4.78, 5) is 24.8. The number of hydrogen-bond acceptors (Lipinski definition) is 5. The minimum Gasteiger partial charge on any atom is -0.326 e. The molecule has 0 aromatic heterocycles. The molecule has 0 radical (unpaired) electrons. The zero-order valence-corrected chi connectivity index (χ0v) is 20.1. The molecule has 1 N–H and O–H groups in total. The number of urea groups is 1. The fourth-order valence-corrected chi connectivity index (χ4v) is 5.17. The Bertz CT molecular complexity index is 1570. The Labute approximate surface area is 211 Å². The van der Waals surface area contributed by atoms with Crippen LogP contribution in [0, 0.1) is 22.7 Å². The fraction of sp³-hybridized carbons (Fsp3) is 0.217. The van der Waals surface area contributed by atoms with E-state index in [1.807, 2.05) is 0 Å². The number of nitriles is 2. The first kappa shape index (κ1) is 28.2. The van der Waals surface area contributed by atoms with Gasteiger partial charge >= 0.3 is 24.3 Å². The molecule has 1 aliphatic heterocycles. The fourth-order valence-electron chi connectivity index (χ4n) is 3.68. The quantitative estimate of drug-likeness (QED) is 0.522. The maximum Gasteiger partial charge on any atom is 0.474 e. The largest absolute Gasteiger partial charge is 0.474 e. The van der Waals surface area contributed by atoms with Crippen molar-refractivity contribution in [3.63, 3.8) is 0 Å². The monoisotopic (exact) mass is 555 g/mol. The maximum atomic E-state index is 13.2. The number of anilines is 1. The summed E-state index contributed by atoms with van der Waals surface area (Å²) in [6.45, 7) is 1.26. The summed E-state index contributed by atoms with van der Waals surface area (Å²) in [6.07, 6.45) is -9.44. The van der Waals surface area contributed by atoms with Crippen LogP contribution in [0.1, 0.15) is 29.7 Å². The van der Waals surface area contributed by atoms with Gasteiger partial charge in [-0.2, -0.15) is 36.9 Å². The smallest absolute Gasteiger partial charge is 0.326 e. The lowest BCUT2D eigenvalue weighted by Gasteiger charge is -2.35. The number of carbonyl (C=O) groups excluding carboxylic acids is 2. The van der Waals surface area contributed by atoms with Crippen molar-refractivity contribution < 1.29 is 40.1 Å². The molecule has 1 heterocycles. The Balaban J connectivity index is 2.23. The Kier molecular flexibility index (Phi) is 7.30. The van der Waals surface area contributed by atoms with Gasteiger partial charge in [-0.25, -0.2) is 9.00 Å². The zero-order valence-electron chi connectivity index (χ0n) is 19.3. The van der Waals surface area contributed by atoms with Crippen molar-refractivity contribution in [2.45, 2.75) is 30.2 Å². The highest BCUT2D eigenvalue weighted by Gasteiger charge is 2.41. The van der Waals surface area contributed by atoms with Crippen molar-refractivity contribution in [3.05, 3.63) is 70.4 Å². The molecule has 198 valence electrons. The molecule has 0 spiro atoms. The Hall–Kier alpha value is -4.37. The molecule has 0 bridgehead atoms. The summed E-state index contributed by atoms with van der Waals surface area (Å²) >= 11 is 0. The number of alkyl halides is 6. The van der Waals surface area contributed by atoms with Crippen LogP contribution in [0.2, 0.25) is 0 Å². The van der Waals surface area contributed by atoms with Crippen LogP contribution < -0.4 is 10.2 Å². The highest BCUT2D eigenvalue weighted by atomic mass is 32.2. The van der Waals surface area contributed by atoms with Crippen LogP contribution in [0.5, 0.6) is 0 Å². The third-order valence-corrected chi connectivity index (χ3v) is 7.08. The van der Waals surface area contributed by atoms with E-state index in [2.05, 4.69) is 9.68 Å². The van der Waals surface area contributed by atoms with E-state index in [0.717, 1.165) is 35.4 Å². The second-order valence-corrected chi connectivity index (χ2v) is 10.2. The van der Waals surface area contributed by atoms with Crippen LogP contribution in [0.4, 0.5) is 36.8 Å². The van der Waals surface area contributed by atoms with Gasteiger partial charge in [0, 0.05) is 12.0 Å². The average Bonchev–Trinajstić information content (AvgIpc) is 2.82. The first-order valence-electron chi connectivity index (χ1n) is 10.3. The molecule has 2 aromatic rings. The van der Waals surface area contributed by atoms with Gasteiger partial charge in [-0.1, -0.05) is 12.1 Å². The number of carbonyl (C=O) groups is 2. The SMILES string of the molecule is CC1=C(C#N)[C@@H](c2ccc(C#N)cc2[S@@](C)(=O)=NC(=O)C(F)(F)F)NC(=O)N1c1cccc(C(F)(F)F)c1. The average molecular weight is 555 g/mol. The van der Waals surface area contributed by atoms with Gasteiger partial charge in [-0.3, -0.25) is 9.69 Å². The summed E-state index contributed by atoms with van der Waals surface area (Å²) in [5.74, 6) is -2.64. The predicted octanol–water partition coefficient (Wildman–Crippen LogP) is 5.19. The predicted molar refractivity (Wildman–Crippen MR) is 120 cm³/mol. The standard InChI is InChI=1S/C23H15F6N5O3S/c1-12-17(11-31)19(32-21(36)34(12)15-5-3-4-14(9-15)22(24,25)26)16-7-6-13(10-30)8-18(16)38(2,37)33-20(35)23(27,28)29/h3-9,19H,1-2H3,(H,32,36)/t19-,38-/m1/s1. The highest BCUT2D eigenvalue weighted by Crippen LogP contribution is 2.38. The maximum absolute atomic E-state index is 13.2. The number of benzene rings is 2. The van der Waals surface area contributed by atoms with Crippen molar-refractivity contribution >= 4 is 27.4 Å². The Morgan fingerprint density at radius 1 is 1.08 bits per heavy atom. The molecule has 0 aliphatic carbocycles. The van der Waals surface area contributed by atoms with Gasteiger partial charge in [0.05, 0.1) is 55.2 Å². The van der Waals surface area contributed by atoms with E-state index >= 15 is 0 Å². The van der Waals surface area contributed by atoms with Crippen LogP contribution in [0.15, 0.2) is 63.0 Å². The second-order valence-electron chi connectivity index (χ2n) is 7.94. The van der Waals surface area contributed by atoms with Gasteiger partial charge in [0.1, 0.15) is 0 Å². The number of halogens is 6. The zero-order chi connectivity index (χ0) is 28.6. The van der Waals surface area contributed by atoms with Crippen LogP contribution >= 0.6 is 0 Å². The molecule has 15 heteroatoms. The lowest BCUT2D eigenvalue weighted by molar-refractivity contribution is -0.169. The van der Waals surface area contributed by atoms with E-state index in [0.29, 0.717) is 6.07 Å². The topological polar surface area (TPSA) is 126 Å². The van der Waals surface area contributed by atoms with Crippen LogP contribution in [0.3, 0.4) is 0 Å². The molecule has 0 fully saturated rings. The summed E-state index contributed by atoms with van der Waals surface area (Å²) in [6, 6.07) is 7.99. The molecule has 3 amide bonds. The molecule has 1 aliphatic rings. The third-order valence-electron chi connectivity index (χ3n) is 5.40. The number of amides is 3. The second kappa shape index (κ2) is 9.83. The van der Waals surface area contributed by atoms with Gasteiger partial charge in [0.25, 0.3) is 0 Å². The lowest BCUT2D eigenvalue weighted by Crippen LogP contribution is -2.46. The number of rotatable bonds is 3. The van der Waals surface area contributed by atoms with Crippen molar-refractivity contribution in [2.24, 2.45) is 4.36 Å². The van der Waals surface area contributed by atoms with Gasteiger partial charge in [0.15, 0.2) is 0 Å². The van der Waals surface area contributed by atoms with E-state index in [9.17, 15) is 50.7 Å². The highest BCUT2D eigenvalue weighted by molar-refractivity contribution is 7.93. The summed E-state index contributed by atoms with van der Waals surface area (Å²) < 4.78 is 94.1. The normalized spacial score (nSPS) is 17.7. The van der Waals surface area contributed by atoms with E-state index in [1.54, 1.807) is 12.1 Å². The van der Waals surface area contributed by atoms with E-state index in [1.165, 1.54) is 19.1 Å². The minimum atomic E-state index is -5.44. The van der Waals surface area contributed by atoms with Crippen molar-refractivity contribution in [1.29, 1.82) is 10.5 Å². The lowest BCUT2D eigenvalue weighted by atomic mass is 9.94. The van der Waals surface area contributed by atoms with E-state index in [-0.39, 0.29) is 28.1 Å². The molecule has 0 saturated carbocycles. The van der Waals surface area contributed by atoms with Crippen molar-refractivity contribution in [1.82, 2.24) is 5.32 Å². The molecule has 8 nitrogen and oxygen atoms in total. The molecule has 3 rings (SSSR count). The molecule has 38 heavy (non-hydrogen) atoms. The minimum absolute atomic E-state index is 0.123.